The second-order valence-electron chi connectivity index (χ2n) is 4.80. The molecule has 1 aromatic carbocycles. The first-order valence-electron chi connectivity index (χ1n) is 6.50. The molecule has 1 N–H and O–H groups in total. The van der Waals surface area contributed by atoms with Crippen molar-refractivity contribution in [3.8, 4) is 0 Å². The van der Waals surface area contributed by atoms with Crippen LogP contribution in [0.15, 0.2) is 46.2 Å². The van der Waals surface area contributed by atoms with Gasteiger partial charge in [0.15, 0.2) is 11.2 Å². The monoisotopic (exact) mass is 299 g/mol. The molecule has 22 heavy (non-hydrogen) atoms. The van der Waals surface area contributed by atoms with Crippen LogP contribution in [-0.2, 0) is 14.1 Å². The van der Waals surface area contributed by atoms with Crippen LogP contribution in [0, 0.1) is 0 Å². The minimum atomic E-state index is -0.524. The highest BCUT2D eigenvalue weighted by Gasteiger charge is 2.15. The van der Waals surface area contributed by atoms with Gasteiger partial charge in [-0.2, -0.15) is 0 Å². The summed E-state index contributed by atoms with van der Waals surface area (Å²) in [6, 6.07) is 8.59. The zero-order chi connectivity index (χ0) is 15.9. The highest BCUT2D eigenvalue weighted by atomic mass is 16.2. The summed E-state index contributed by atoms with van der Waals surface area (Å²) in [5.74, 6) is -0.379. The Morgan fingerprint density at radius 1 is 1.09 bits per heavy atom. The third-order valence-electron chi connectivity index (χ3n) is 3.40. The number of nitrogens with zero attached hydrogens (tertiary/aromatic N) is 4. The van der Waals surface area contributed by atoms with E-state index in [1.807, 2.05) is 0 Å². The van der Waals surface area contributed by atoms with E-state index in [4.69, 9.17) is 0 Å². The van der Waals surface area contributed by atoms with Gasteiger partial charge in [-0.1, -0.05) is 18.2 Å². The Hall–Kier alpha value is -3.16. The van der Waals surface area contributed by atoms with E-state index in [1.54, 1.807) is 30.3 Å². The smallest absolute Gasteiger partial charge is 0.279 e. The fraction of sp³-hybridized carbons (Fsp3) is 0.143. The minimum Gasteiger partial charge on any atom is -0.279 e. The first kappa shape index (κ1) is 13.8. The zero-order valence-electron chi connectivity index (χ0n) is 12.0. The maximum absolute atomic E-state index is 12.2. The summed E-state index contributed by atoms with van der Waals surface area (Å²) in [6.45, 7) is 0. The molecule has 2 heterocycles. The fourth-order valence-electron chi connectivity index (χ4n) is 2.19. The lowest BCUT2D eigenvalue weighted by Gasteiger charge is -2.08. The summed E-state index contributed by atoms with van der Waals surface area (Å²) in [4.78, 5) is 40.3. The fourth-order valence-corrected chi connectivity index (χ4v) is 2.19. The largest absolute Gasteiger partial charge is 0.332 e. The van der Waals surface area contributed by atoms with Gasteiger partial charge in [-0.15, -0.1) is 0 Å². The molecular formula is C14H13N5O3. The number of imidazole rings is 1. The normalized spacial score (nSPS) is 10.8. The number of fused-ring (bicyclic) bond motifs is 1. The Bertz CT molecular complexity index is 981. The maximum Gasteiger partial charge on any atom is 0.332 e. The average Bonchev–Trinajstić information content (AvgIpc) is 2.95. The van der Waals surface area contributed by atoms with E-state index in [2.05, 4.69) is 10.4 Å². The van der Waals surface area contributed by atoms with Crippen LogP contribution < -0.4 is 16.7 Å². The number of aryl methyl sites for hydroxylation is 1. The maximum atomic E-state index is 12.2. The highest BCUT2D eigenvalue weighted by Crippen LogP contribution is 2.05. The SMILES string of the molecule is Cn1c(=O)c2c(ncn2NC(=O)c2ccccc2)n(C)c1=O. The first-order chi connectivity index (χ1) is 10.5. The molecule has 8 heteroatoms. The van der Waals surface area contributed by atoms with Crippen molar-refractivity contribution >= 4 is 17.1 Å². The van der Waals surface area contributed by atoms with Crippen molar-refractivity contribution in [3.05, 3.63) is 63.1 Å². The van der Waals surface area contributed by atoms with Crippen molar-refractivity contribution in [2.75, 3.05) is 5.43 Å². The van der Waals surface area contributed by atoms with E-state index >= 15 is 0 Å². The molecule has 2 aromatic heterocycles. The Morgan fingerprint density at radius 2 is 1.77 bits per heavy atom. The lowest BCUT2D eigenvalue weighted by molar-refractivity contribution is 0.101. The number of carbonyl (C=O) groups excluding carboxylic acids is 1. The third-order valence-corrected chi connectivity index (χ3v) is 3.40. The minimum absolute atomic E-state index is 0.133. The van der Waals surface area contributed by atoms with Gasteiger partial charge < -0.3 is 0 Å². The number of hydrogen-bond donors (Lipinski definition) is 1. The van der Waals surface area contributed by atoms with Crippen LogP contribution in [-0.4, -0.2) is 24.7 Å². The third kappa shape index (κ3) is 2.01. The number of benzene rings is 1. The van der Waals surface area contributed by atoms with Gasteiger partial charge in [0.2, 0.25) is 0 Å². The number of hydrogen-bond acceptors (Lipinski definition) is 4. The highest BCUT2D eigenvalue weighted by molar-refractivity contribution is 6.00. The Labute approximate surface area is 124 Å². The Morgan fingerprint density at radius 3 is 2.45 bits per heavy atom. The summed E-state index contributed by atoms with van der Waals surface area (Å²) in [5, 5.41) is 0. The summed E-state index contributed by atoms with van der Waals surface area (Å²) < 4.78 is 3.45. The molecule has 3 aromatic rings. The lowest BCUT2D eigenvalue weighted by atomic mass is 10.2. The first-order valence-corrected chi connectivity index (χ1v) is 6.50. The number of carbonyl (C=O) groups is 1. The van der Waals surface area contributed by atoms with Gasteiger partial charge in [-0.25, -0.2) is 14.5 Å². The van der Waals surface area contributed by atoms with E-state index in [0.717, 1.165) is 4.57 Å². The Kier molecular flexibility index (Phi) is 3.13. The van der Waals surface area contributed by atoms with Gasteiger partial charge in [0.1, 0.15) is 6.33 Å². The molecule has 0 atom stereocenters. The topological polar surface area (TPSA) is 90.9 Å². The molecular weight excluding hydrogens is 286 g/mol. The number of aromatic nitrogens is 4. The average molecular weight is 299 g/mol. The quantitative estimate of drug-likeness (QED) is 0.710. The van der Waals surface area contributed by atoms with Crippen LogP contribution >= 0.6 is 0 Å². The molecule has 0 aliphatic rings. The standard InChI is InChI=1S/C14H13N5O3/c1-17-11-10(13(21)18(2)14(17)22)19(8-15-11)16-12(20)9-6-4-3-5-7-9/h3-8H,1-2H3,(H,16,20). The zero-order valence-corrected chi connectivity index (χ0v) is 12.0. The number of nitrogens with one attached hydrogen (secondary N) is 1. The van der Waals surface area contributed by atoms with Crippen molar-refractivity contribution in [1.29, 1.82) is 0 Å². The molecule has 0 bridgehead atoms. The van der Waals surface area contributed by atoms with Gasteiger partial charge >= 0.3 is 5.69 Å². The second-order valence-corrected chi connectivity index (χ2v) is 4.80. The molecule has 0 unspecified atom stereocenters. The van der Waals surface area contributed by atoms with Crippen molar-refractivity contribution in [1.82, 2.24) is 18.8 Å². The lowest BCUT2D eigenvalue weighted by Crippen LogP contribution is -2.38. The van der Waals surface area contributed by atoms with Crippen molar-refractivity contribution < 1.29 is 4.79 Å². The summed E-state index contributed by atoms with van der Waals surface area (Å²) >= 11 is 0. The van der Waals surface area contributed by atoms with E-state index in [-0.39, 0.29) is 17.1 Å². The van der Waals surface area contributed by atoms with E-state index in [0.29, 0.717) is 5.56 Å². The molecule has 0 aliphatic carbocycles. The second kappa shape index (κ2) is 4.99. The van der Waals surface area contributed by atoms with Gasteiger partial charge in [-0.3, -0.25) is 24.1 Å². The van der Waals surface area contributed by atoms with E-state index in [1.165, 1.54) is 29.7 Å². The van der Waals surface area contributed by atoms with Crippen LogP contribution in [0.1, 0.15) is 10.4 Å². The van der Waals surface area contributed by atoms with E-state index in [9.17, 15) is 14.4 Å². The molecule has 0 saturated carbocycles. The molecule has 3 rings (SSSR count). The van der Waals surface area contributed by atoms with Gasteiger partial charge in [0.25, 0.3) is 11.5 Å². The summed E-state index contributed by atoms with van der Waals surface area (Å²) in [6.07, 6.45) is 1.30. The molecule has 112 valence electrons. The van der Waals surface area contributed by atoms with Crippen LogP contribution in [0.25, 0.3) is 11.2 Å². The summed E-state index contributed by atoms with van der Waals surface area (Å²) in [7, 11) is 2.89. The van der Waals surface area contributed by atoms with Crippen LogP contribution in [0.3, 0.4) is 0 Å². The Balaban J connectivity index is 2.12. The van der Waals surface area contributed by atoms with Gasteiger partial charge in [0, 0.05) is 19.7 Å². The van der Waals surface area contributed by atoms with Gasteiger partial charge in [-0.05, 0) is 12.1 Å². The molecule has 0 saturated heterocycles. The molecule has 0 aliphatic heterocycles. The molecule has 8 nitrogen and oxygen atoms in total. The predicted octanol–water partition coefficient (Wildman–Crippen LogP) is -0.182. The van der Waals surface area contributed by atoms with Crippen molar-refractivity contribution in [2.45, 2.75) is 0 Å². The number of rotatable bonds is 2. The molecule has 0 spiro atoms. The van der Waals surface area contributed by atoms with Crippen LogP contribution in [0.2, 0.25) is 0 Å². The molecule has 0 fully saturated rings. The molecule has 0 radical (unpaired) electrons. The molecule has 1 amide bonds. The van der Waals surface area contributed by atoms with E-state index < -0.39 is 11.2 Å². The van der Waals surface area contributed by atoms with Crippen molar-refractivity contribution in [2.24, 2.45) is 14.1 Å². The van der Waals surface area contributed by atoms with Gasteiger partial charge in [0.05, 0.1) is 0 Å². The van der Waals surface area contributed by atoms with Crippen LogP contribution in [0.5, 0.6) is 0 Å². The number of amides is 1. The predicted molar refractivity (Wildman–Crippen MR) is 80.3 cm³/mol. The van der Waals surface area contributed by atoms with Crippen LogP contribution in [0.4, 0.5) is 0 Å². The summed E-state index contributed by atoms with van der Waals surface area (Å²) in [5.41, 5.74) is 2.38. The van der Waals surface area contributed by atoms with Crippen molar-refractivity contribution in [3.63, 3.8) is 0 Å².